The molecule has 5 heteroatoms. The van der Waals surface area contributed by atoms with E-state index in [0.29, 0.717) is 5.02 Å². The molecule has 0 spiro atoms. The summed E-state index contributed by atoms with van der Waals surface area (Å²) in [7, 11) is 0. The van der Waals surface area contributed by atoms with Gasteiger partial charge in [0.15, 0.2) is 0 Å². The summed E-state index contributed by atoms with van der Waals surface area (Å²) in [5.74, 6) is -0.286. The van der Waals surface area contributed by atoms with E-state index < -0.39 is 0 Å². The number of nitrogens with one attached hydrogen (secondary N) is 1. The van der Waals surface area contributed by atoms with Gasteiger partial charge in [-0.2, -0.15) is 0 Å². The topological polar surface area (TPSA) is 12.0 Å². The van der Waals surface area contributed by atoms with E-state index in [2.05, 4.69) is 44.1 Å². The molecule has 0 heterocycles. The van der Waals surface area contributed by atoms with Crippen LogP contribution >= 0.6 is 43.5 Å². The fourth-order valence-corrected chi connectivity index (χ4v) is 3.65. The van der Waals surface area contributed by atoms with Crippen LogP contribution in [0, 0.1) is 5.82 Å². The number of rotatable bonds is 5. The Morgan fingerprint density at radius 2 is 1.90 bits per heavy atom. The molecule has 0 aliphatic heterocycles. The predicted octanol–water partition coefficient (Wildman–Crippen LogP) is 6.09. The van der Waals surface area contributed by atoms with Gasteiger partial charge >= 0.3 is 0 Å². The van der Waals surface area contributed by atoms with Crippen molar-refractivity contribution >= 4 is 43.5 Å². The second-order valence-corrected chi connectivity index (χ2v) is 6.90. The van der Waals surface area contributed by atoms with Crippen molar-refractivity contribution in [3.63, 3.8) is 0 Å². The van der Waals surface area contributed by atoms with Gasteiger partial charge in [0.2, 0.25) is 0 Å². The molecule has 0 saturated heterocycles. The minimum absolute atomic E-state index is 0.157. The molecule has 0 aromatic heterocycles. The predicted molar refractivity (Wildman–Crippen MR) is 93.4 cm³/mol. The molecule has 1 nitrogen and oxygen atoms in total. The molecule has 1 N–H and O–H groups in total. The van der Waals surface area contributed by atoms with E-state index >= 15 is 0 Å². The third-order valence-electron chi connectivity index (χ3n) is 3.14. The maximum absolute atomic E-state index is 13.6. The Hall–Kier alpha value is -0.420. The number of halogens is 4. The summed E-state index contributed by atoms with van der Waals surface area (Å²) in [4.78, 5) is 0. The van der Waals surface area contributed by atoms with Crippen LogP contribution in [0.1, 0.15) is 30.5 Å². The SMILES string of the molecule is CCCNC(c1cc(F)ccc1Cl)c1ccc(Br)cc1Br. The van der Waals surface area contributed by atoms with E-state index in [1.54, 1.807) is 6.07 Å². The molecule has 0 aliphatic rings. The largest absolute Gasteiger partial charge is 0.306 e. The highest BCUT2D eigenvalue weighted by Gasteiger charge is 2.19. The van der Waals surface area contributed by atoms with Crippen molar-refractivity contribution in [2.75, 3.05) is 6.54 Å². The Bertz CT molecular complexity index is 634. The highest BCUT2D eigenvalue weighted by atomic mass is 79.9. The van der Waals surface area contributed by atoms with Crippen LogP contribution in [0.15, 0.2) is 45.3 Å². The van der Waals surface area contributed by atoms with Gasteiger partial charge in [0.05, 0.1) is 6.04 Å². The van der Waals surface area contributed by atoms with Crippen LogP contribution in [0.25, 0.3) is 0 Å². The molecule has 0 bridgehead atoms. The quantitative estimate of drug-likeness (QED) is 0.599. The van der Waals surface area contributed by atoms with Gasteiger partial charge in [-0.15, -0.1) is 0 Å². The maximum atomic E-state index is 13.6. The lowest BCUT2D eigenvalue weighted by Gasteiger charge is -2.22. The highest BCUT2D eigenvalue weighted by molar-refractivity contribution is 9.11. The summed E-state index contributed by atoms with van der Waals surface area (Å²) in [6.45, 7) is 2.91. The van der Waals surface area contributed by atoms with Gasteiger partial charge in [-0.3, -0.25) is 0 Å². The van der Waals surface area contributed by atoms with Crippen molar-refractivity contribution in [2.24, 2.45) is 0 Å². The minimum Gasteiger partial charge on any atom is -0.306 e. The van der Waals surface area contributed by atoms with Crippen molar-refractivity contribution in [1.82, 2.24) is 5.32 Å². The highest BCUT2D eigenvalue weighted by Crippen LogP contribution is 2.34. The first-order chi connectivity index (χ1) is 10.0. The average Bonchev–Trinajstić information content (AvgIpc) is 2.44. The van der Waals surface area contributed by atoms with Crippen molar-refractivity contribution in [2.45, 2.75) is 19.4 Å². The third kappa shape index (κ3) is 4.28. The second kappa shape index (κ2) is 7.73. The molecule has 2 aromatic rings. The van der Waals surface area contributed by atoms with Crippen LogP contribution in [0.2, 0.25) is 5.02 Å². The Morgan fingerprint density at radius 1 is 1.14 bits per heavy atom. The Labute approximate surface area is 146 Å². The lowest BCUT2D eigenvalue weighted by molar-refractivity contribution is 0.584. The Morgan fingerprint density at radius 3 is 2.57 bits per heavy atom. The Kier molecular flexibility index (Phi) is 6.23. The fourth-order valence-electron chi connectivity index (χ4n) is 2.15. The van der Waals surface area contributed by atoms with Crippen LogP contribution in [-0.2, 0) is 0 Å². The molecule has 1 atom stereocenters. The van der Waals surface area contributed by atoms with Crippen LogP contribution in [-0.4, -0.2) is 6.54 Å². The average molecular weight is 436 g/mol. The monoisotopic (exact) mass is 433 g/mol. The van der Waals surface area contributed by atoms with Gasteiger partial charge in [0.25, 0.3) is 0 Å². The lowest BCUT2D eigenvalue weighted by Crippen LogP contribution is -2.24. The molecule has 1 unspecified atom stereocenters. The van der Waals surface area contributed by atoms with E-state index in [9.17, 15) is 4.39 Å². The van der Waals surface area contributed by atoms with E-state index in [-0.39, 0.29) is 11.9 Å². The molecule has 112 valence electrons. The normalized spacial score (nSPS) is 12.4. The Balaban J connectivity index is 2.49. The molecule has 0 radical (unpaired) electrons. The lowest BCUT2D eigenvalue weighted by atomic mass is 9.98. The van der Waals surface area contributed by atoms with Crippen molar-refractivity contribution in [1.29, 1.82) is 0 Å². The van der Waals surface area contributed by atoms with E-state index in [0.717, 1.165) is 33.0 Å². The van der Waals surface area contributed by atoms with Crippen molar-refractivity contribution in [3.8, 4) is 0 Å². The summed E-state index contributed by atoms with van der Waals surface area (Å²) in [6.07, 6.45) is 0.984. The van der Waals surface area contributed by atoms with E-state index in [4.69, 9.17) is 11.6 Å². The summed E-state index contributed by atoms with van der Waals surface area (Å²) < 4.78 is 15.5. The number of hydrogen-bond donors (Lipinski definition) is 1. The summed E-state index contributed by atoms with van der Waals surface area (Å²) in [5.41, 5.74) is 1.77. The van der Waals surface area contributed by atoms with E-state index in [1.165, 1.54) is 12.1 Å². The first-order valence-corrected chi connectivity index (χ1v) is 8.62. The molecule has 0 aliphatic carbocycles. The molecule has 0 saturated carbocycles. The van der Waals surface area contributed by atoms with Gasteiger partial charge in [-0.1, -0.05) is 56.5 Å². The zero-order chi connectivity index (χ0) is 15.4. The smallest absolute Gasteiger partial charge is 0.123 e. The summed E-state index contributed by atoms with van der Waals surface area (Å²) in [6, 6.07) is 10.2. The number of hydrogen-bond acceptors (Lipinski definition) is 1. The first-order valence-electron chi connectivity index (χ1n) is 6.66. The third-order valence-corrected chi connectivity index (χ3v) is 4.67. The minimum atomic E-state index is -0.286. The summed E-state index contributed by atoms with van der Waals surface area (Å²) in [5, 5.41) is 3.99. The molecule has 0 fully saturated rings. The van der Waals surface area contributed by atoms with Crippen molar-refractivity contribution < 1.29 is 4.39 Å². The van der Waals surface area contributed by atoms with Crippen LogP contribution < -0.4 is 5.32 Å². The van der Waals surface area contributed by atoms with Crippen LogP contribution in [0.5, 0.6) is 0 Å². The molecule has 2 aromatic carbocycles. The van der Waals surface area contributed by atoms with Crippen LogP contribution in [0.3, 0.4) is 0 Å². The van der Waals surface area contributed by atoms with Gasteiger partial charge in [-0.25, -0.2) is 4.39 Å². The first kappa shape index (κ1) is 16.9. The van der Waals surface area contributed by atoms with Gasteiger partial charge in [0.1, 0.15) is 5.82 Å². The molecule has 0 amide bonds. The van der Waals surface area contributed by atoms with Crippen molar-refractivity contribution in [3.05, 3.63) is 67.3 Å². The molecular weight excluding hydrogens is 420 g/mol. The molecule has 2 rings (SSSR count). The zero-order valence-electron chi connectivity index (χ0n) is 11.5. The van der Waals surface area contributed by atoms with Crippen LogP contribution in [0.4, 0.5) is 4.39 Å². The van der Waals surface area contributed by atoms with E-state index in [1.807, 2.05) is 18.2 Å². The van der Waals surface area contributed by atoms with Gasteiger partial charge < -0.3 is 5.32 Å². The maximum Gasteiger partial charge on any atom is 0.123 e. The zero-order valence-corrected chi connectivity index (χ0v) is 15.4. The van der Waals surface area contributed by atoms with Gasteiger partial charge in [0, 0.05) is 14.0 Å². The second-order valence-electron chi connectivity index (χ2n) is 4.72. The van der Waals surface area contributed by atoms with Gasteiger partial charge in [-0.05, 0) is 54.4 Å². The fraction of sp³-hybridized carbons (Fsp3) is 0.250. The molecular formula is C16H15Br2ClFN. The summed E-state index contributed by atoms with van der Waals surface area (Å²) >= 11 is 13.3. The standard InChI is InChI=1S/C16H15Br2ClFN/c1-2-7-21-16(12-5-3-10(17)8-14(12)18)13-9-11(20)4-6-15(13)19/h3-6,8-9,16,21H,2,7H2,1H3. The number of benzene rings is 2. The molecule has 21 heavy (non-hydrogen) atoms.